The predicted octanol–water partition coefficient (Wildman–Crippen LogP) is 1.53. The Bertz CT molecular complexity index is 510. The van der Waals surface area contributed by atoms with Crippen LogP contribution in [0.5, 0.6) is 0 Å². The standard InChI is InChI=1S/C13H19NO3S/c1-10-3-5-13(6-4-10)18(16,17)14-8-7-12(15)9-11(14)2/h3-6,11-12,15H,7-9H2,1-2H3/t11-,12-/m0/s1. The zero-order valence-electron chi connectivity index (χ0n) is 10.7. The third-order valence-electron chi connectivity index (χ3n) is 3.42. The van der Waals surface area contributed by atoms with Crippen molar-refractivity contribution in [1.82, 2.24) is 4.31 Å². The van der Waals surface area contributed by atoms with E-state index in [0.717, 1.165) is 5.56 Å². The lowest BCUT2D eigenvalue weighted by molar-refractivity contribution is 0.0867. The molecule has 0 aromatic heterocycles. The van der Waals surface area contributed by atoms with Gasteiger partial charge in [0.2, 0.25) is 10.0 Å². The molecule has 1 heterocycles. The molecule has 2 atom stereocenters. The van der Waals surface area contributed by atoms with Gasteiger partial charge in [-0.25, -0.2) is 8.42 Å². The Balaban J connectivity index is 2.28. The van der Waals surface area contributed by atoms with E-state index in [2.05, 4.69) is 0 Å². The van der Waals surface area contributed by atoms with Gasteiger partial charge in [-0.15, -0.1) is 0 Å². The van der Waals surface area contributed by atoms with Crippen LogP contribution in [0, 0.1) is 6.92 Å². The summed E-state index contributed by atoms with van der Waals surface area (Å²) in [7, 11) is -3.43. The van der Waals surface area contributed by atoms with Crippen LogP contribution < -0.4 is 0 Å². The zero-order chi connectivity index (χ0) is 13.3. The molecule has 1 saturated heterocycles. The minimum atomic E-state index is -3.43. The van der Waals surface area contributed by atoms with Crippen LogP contribution in [0.4, 0.5) is 0 Å². The quantitative estimate of drug-likeness (QED) is 0.886. The molecule has 2 rings (SSSR count). The molecule has 1 aliphatic heterocycles. The lowest BCUT2D eigenvalue weighted by Crippen LogP contribution is -2.45. The van der Waals surface area contributed by atoms with Gasteiger partial charge in [0.15, 0.2) is 0 Å². The van der Waals surface area contributed by atoms with E-state index in [9.17, 15) is 13.5 Å². The monoisotopic (exact) mass is 269 g/mol. The molecule has 0 bridgehead atoms. The van der Waals surface area contributed by atoms with E-state index in [0.29, 0.717) is 24.3 Å². The molecule has 100 valence electrons. The molecule has 4 nitrogen and oxygen atoms in total. The second kappa shape index (κ2) is 4.99. The van der Waals surface area contributed by atoms with Crippen molar-refractivity contribution >= 4 is 10.0 Å². The smallest absolute Gasteiger partial charge is 0.243 e. The maximum Gasteiger partial charge on any atom is 0.243 e. The van der Waals surface area contributed by atoms with E-state index in [1.54, 1.807) is 24.3 Å². The van der Waals surface area contributed by atoms with Gasteiger partial charge in [0.25, 0.3) is 0 Å². The molecule has 0 saturated carbocycles. The summed E-state index contributed by atoms with van der Waals surface area (Å²) in [6.45, 7) is 4.16. The Morgan fingerprint density at radius 3 is 2.44 bits per heavy atom. The van der Waals surface area contributed by atoms with E-state index < -0.39 is 10.0 Å². The van der Waals surface area contributed by atoms with Gasteiger partial charge < -0.3 is 5.11 Å². The van der Waals surface area contributed by atoms with Gasteiger partial charge in [0, 0.05) is 12.6 Å². The number of aryl methyl sites for hydroxylation is 1. The van der Waals surface area contributed by atoms with Gasteiger partial charge in [-0.05, 0) is 38.8 Å². The maximum atomic E-state index is 12.5. The first-order valence-corrected chi connectivity index (χ1v) is 7.62. The fourth-order valence-corrected chi connectivity index (χ4v) is 3.98. The van der Waals surface area contributed by atoms with E-state index in [-0.39, 0.29) is 12.1 Å². The molecule has 1 N–H and O–H groups in total. The van der Waals surface area contributed by atoms with Crippen LogP contribution in [-0.4, -0.2) is 36.5 Å². The summed E-state index contributed by atoms with van der Waals surface area (Å²) in [5.74, 6) is 0. The highest BCUT2D eigenvalue weighted by atomic mass is 32.2. The number of hydrogen-bond acceptors (Lipinski definition) is 3. The summed E-state index contributed by atoms with van der Waals surface area (Å²) in [6.07, 6.45) is 0.630. The number of aliphatic hydroxyl groups is 1. The molecule has 0 radical (unpaired) electrons. The molecular weight excluding hydrogens is 250 g/mol. The van der Waals surface area contributed by atoms with Gasteiger partial charge in [-0.3, -0.25) is 0 Å². The summed E-state index contributed by atoms with van der Waals surface area (Å²) in [5, 5.41) is 9.55. The average Bonchev–Trinajstić information content (AvgIpc) is 2.29. The van der Waals surface area contributed by atoms with Gasteiger partial charge in [-0.1, -0.05) is 17.7 Å². The first-order valence-electron chi connectivity index (χ1n) is 6.18. The second-order valence-electron chi connectivity index (χ2n) is 4.96. The van der Waals surface area contributed by atoms with Gasteiger partial charge in [0.05, 0.1) is 11.0 Å². The van der Waals surface area contributed by atoms with E-state index in [4.69, 9.17) is 0 Å². The molecule has 18 heavy (non-hydrogen) atoms. The number of rotatable bonds is 2. The molecular formula is C13H19NO3S. The zero-order valence-corrected chi connectivity index (χ0v) is 11.5. The first kappa shape index (κ1) is 13.5. The van der Waals surface area contributed by atoms with Crippen LogP contribution in [0.1, 0.15) is 25.3 Å². The van der Waals surface area contributed by atoms with Gasteiger partial charge in [-0.2, -0.15) is 4.31 Å². The second-order valence-corrected chi connectivity index (χ2v) is 6.85. The Hall–Kier alpha value is -0.910. The Kier molecular flexibility index (Phi) is 3.75. The van der Waals surface area contributed by atoms with Crippen molar-refractivity contribution in [2.75, 3.05) is 6.54 Å². The fraction of sp³-hybridized carbons (Fsp3) is 0.538. The molecule has 1 aromatic rings. The molecule has 1 aromatic carbocycles. The maximum absolute atomic E-state index is 12.5. The number of piperidine rings is 1. The molecule has 0 aliphatic carbocycles. The summed E-state index contributed by atoms with van der Waals surface area (Å²) in [6, 6.07) is 6.73. The minimum Gasteiger partial charge on any atom is -0.393 e. The third-order valence-corrected chi connectivity index (χ3v) is 5.44. The van der Waals surface area contributed by atoms with Crippen LogP contribution in [0.2, 0.25) is 0 Å². The summed E-state index contributed by atoms with van der Waals surface area (Å²) < 4.78 is 26.4. The van der Waals surface area contributed by atoms with Crippen molar-refractivity contribution in [3.05, 3.63) is 29.8 Å². The van der Waals surface area contributed by atoms with Crippen molar-refractivity contribution in [2.24, 2.45) is 0 Å². The van der Waals surface area contributed by atoms with Crippen LogP contribution >= 0.6 is 0 Å². The van der Waals surface area contributed by atoms with E-state index in [1.807, 2.05) is 13.8 Å². The van der Waals surface area contributed by atoms with E-state index in [1.165, 1.54) is 4.31 Å². The molecule has 5 heteroatoms. The summed E-state index contributed by atoms with van der Waals surface area (Å²) in [5.41, 5.74) is 1.04. The highest BCUT2D eigenvalue weighted by Crippen LogP contribution is 2.25. The lowest BCUT2D eigenvalue weighted by atomic mass is 10.0. The SMILES string of the molecule is Cc1ccc(S(=O)(=O)N2CC[C@H](O)C[C@@H]2C)cc1. The van der Waals surface area contributed by atoms with Crippen molar-refractivity contribution in [1.29, 1.82) is 0 Å². The lowest BCUT2D eigenvalue weighted by Gasteiger charge is -2.34. The average molecular weight is 269 g/mol. The molecule has 1 aliphatic rings. The van der Waals surface area contributed by atoms with Crippen LogP contribution in [0.25, 0.3) is 0 Å². The molecule has 0 spiro atoms. The predicted molar refractivity (Wildman–Crippen MR) is 69.8 cm³/mol. The molecule has 1 fully saturated rings. The number of sulfonamides is 1. The number of benzene rings is 1. The van der Waals surface area contributed by atoms with Crippen molar-refractivity contribution in [3.63, 3.8) is 0 Å². The first-order chi connectivity index (χ1) is 8.41. The van der Waals surface area contributed by atoms with Crippen molar-refractivity contribution in [2.45, 2.75) is 43.7 Å². The van der Waals surface area contributed by atoms with Gasteiger partial charge in [0.1, 0.15) is 0 Å². The Morgan fingerprint density at radius 1 is 1.28 bits per heavy atom. The van der Waals surface area contributed by atoms with Gasteiger partial charge >= 0.3 is 0 Å². The Labute approximate surface area is 108 Å². The summed E-state index contributed by atoms with van der Waals surface area (Å²) >= 11 is 0. The third kappa shape index (κ3) is 2.58. The number of hydrogen-bond donors (Lipinski definition) is 1. The topological polar surface area (TPSA) is 57.6 Å². The molecule has 0 amide bonds. The van der Waals surface area contributed by atoms with Crippen LogP contribution in [0.15, 0.2) is 29.2 Å². The fourth-order valence-electron chi connectivity index (χ4n) is 2.33. The van der Waals surface area contributed by atoms with Crippen molar-refractivity contribution in [3.8, 4) is 0 Å². The largest absolute Gasteiger partial charge is 0.393 e. The van der Waals surface area contributed by atoms with Crippen LogP contribution in [-0.2, 0) is 10.0 Å². The Morgan fingerprint density at radius 2 is 1.89 bits per heavy atom. The molecule has 0 unspecified atom stereocenters. The highest BCUT2D eigenvalue weighted by Gasteiger charge is 2.33. The van der Waals surface area contributed by atoms with Crippen LogP contribution in [0.3, 0.4) is 0 Å². The normalized spacial score (nSPS) is 26.2. The minimum absolute atomic E-state index is 0.153. The van der Waals surface area contributed by atoms with E-state index >= 15 is 0 Å². The van der Waals surface area contributed by atoms with Crippen molar-refractivity contribution < 1.29 is 13.5 Å². The highest BCUT2D eigenvalue weighted by molar-refractivity contribution is 7.89. The summed E-state index contributed by atoms with van der Waals surface area (Å²) in [4.78, 5) is 0.330. The number of aliphatic hydroxyl groups excluding tert-OH is 1. The number of nitrogens with zero attached hydrogens (tertiary/aromatic N) is 1.